The standard InChI is InChI=1S/C31H32FN5O4S/c1-20(38)37-14-12-36(13-15-37)18-22-16-23(32)10-11-25(22)35-31(39)40-19-27(21-6-3-2-4-7-21)41-26-8-5-9-28-24(26)17-29(42-28)30(33)34/h2-11,16-17,27H,12-15,18-19H2,1H3,(H3,33,34)(H,35,39). The van der Waals surface area contributed by atoms with Crippen molar-refractivity contribution < 1.29 is 23.5 Å². The number of ether oxygens (including phenoxy) is 2. The Bertz CT molecular complexity index is 1590. The molecule has 2 heterocycles. The Balaban J connectivity index is 1.28. The van der Waals surface area contributed by atoms with E-state index in [-0.39, 0.29) is 18.3 Å². The zero-order chi connectivity index (χ0) is 29.6. The topological polar surface area (TPSA) is 121 Å². The number of carbonyl (C=O) groups excluding carboxylic acids is 2. The van der Waals surface area contributed by atoms with Gasteiger partial charge >= 0.3 is 6.09 Å². The summed E-state index contributed by atoms with van der Waals surface area (Å²) < 4.78 is 27.1. The third-order valence-electron chi connectivity index (χ3n) is 7.11. The summed E-state index contributed by atoms with van der Waals surface area (Å²) in [5.41, 5.74) is 7.59. The van der Waals surface area contributed by atoms with Crippen molar-refractivity contribution in [1.29, 1.82) is 5.41 Å². The van der Waals surface area contributed by atoms with Gasteiger partial charge in [0, 0.05) is 55.4 Å². The number of carbonyl (C=O) groups is 2. The lowest BCUT2D eigenvalue weighted by atomic mass is 10.1. The van der Waals surface area contributed by atoms with Crippen molar-refractivity contribution in [2.45, 2.75) is 19.6 Å². The highest BCUT2D eigenvalue weighted by Gasteiger charge is 2.22. The third-order valence-corrected chi connectivity index (χ3v) is 8.24. The van der Waals surface area contributed by atoms with Gasteiger partial charge in [0.25, 0.3) is 0 Å². The molecule has 4 N–H and O–H groups in total. The number of amidine groups is 1. The van der Waals surface area contributed by atoms with Crippen LogP contribution in [0.2, 0.25) is 0 Å². The number of nitrogens with two attached hydrogens (primary N) is 1. The number of hydrogen-bond acceptors (Lipinski definition) is 7. The maximum absolute atomic E-state index is 14.2. The fraction of sp³-hybridized carbons (Fsp3) is 0.258. The number of amides is 2. The molecule has 1 aromatic heterocycles. The van der Waals surface area contributed by atoms with Crippen LogP contribution in [-0.4, -0.2) is 60.4 Å². The van der Waals surface area contributed by atoms with Crippen molar-refractivity contribution in [2.75, 3.05) is 38.1 Å². The minimum atomic E-state index is -0.693. The largest absolute Gasteiger partial charge is 0.481 e. The van der Waals surface area contributed by atoms with Crippen LogP contribution in [0.1, 0.15) is 29.0 Å². The Labute approximate surface area is 247 Å². The second kappa shape index (κ2) is 13.0. The van der Waals surface area contributed by atoms with Gasteiger partial charge in [-0.15, -0.1) is 11.3 Å². The molecule has 3 aromatic carbocycles. The zero-order valence-electron chi connectivity index (χ0n) is 23.1. The van der Waals surface area contributed by atoms with E-state index in [0.29, 0.717) is 54.6 Å². The van der Waals surface area contributed by atoms with Crippen LogP contribution in [0.5, 0.6) is 5.75 Å². The van der Waals surface area contributed by atoms with Gasteiger partial charge < -0.3 is 20.1 Å². The van der Waals surface area contributed by atoms with Crippen LogP contribution in [0.15, 0.2) is 72.8 Å². The second-order valence-electron chi connectivity index (χ2n) is 10.0. The third kappa shape index (κ3) is 7.04. The summed E-state index contributed by atoms with van der Waals surface area (Å²) in [4.78, 5) is 29.2. The summed E-state index contributed by atoms with van der Waals surface area (Å²) in [6.45, 7) is 4.40. The Hall–Kier alpha value is -4.48. The molecule has 0 spiro atoms. The van der Waals surface area contributed by atoms with Crippen LogP contribution in [0.4, 0.5) is 14.9 Å². The van der Waals surface area contributed by atoms with E-state index in [1.807, 2.05) is 54.6 Å². The monoisotopic (exact) mass is 589 g/mol. The molecule has 11 heteroatoms. The van der Waals surface area contributed by atoms with Gasteiger partial charge in [0.05, 0.1) is 4.88 Å². The highest BCUT2D eigenvalue weighted by Crippen LogP contribution is 2.35. The number of benzene rings is 3. The van der Waals surface area contributed by atoms with E-state index >= 15 is 0 Å². The molecule has 0 radical (unpaired) electrons. The van der Waals surface area contributed by atoms with E-state index < -0.39 is 18.0 Å². The van der Waals surface area contributed by atoms with E-state index in [0.717, 1.165) is 15.6 Å². The summed E-state index contributed by atoms with van der Waals surface area (Å²) in [6.07, 6.45) is -1.31. The lowest BCUT2D eigenvalue weighted by Crippen LogP contribution is -2.47. The number of anilines is 1. The molecule has 9 nitrogen and oxygen atoms in total. The van der Waals surface area contributed by atoms with Crippen LogP contribution >= 0.6 is 11.3 Å². The number of nitrogens with zero attached hydrogens (tertiary/aromatic N) is 2. The number of halogens is 1. The van der Waals surface area contributed by atoms with Gasteiger partial charge in [0.2, 0.25) is 5.91 Å². The number of thiophene rings is 1. The average molecular weight is 590 g/mol. The van der Waals surface area contributed by atoms with Crippen LogP contribution in [-0.2, 0) is 16.1 Å². The summed E-state index contributed by atoms with van der Waals surface area (Å²) in [5.74, 6) is 0.204. The molecule has 0 saturated carbocycles. The Morgan fingerprint density at radius 2 is 1.81 bits per heavy atom. The van der Waals surface area contributed by atoms with Crippen LogP contribution in [0.25, 0.3) is 10.1 Å². The fourth-order valence-electron chi connectivity index (χ4n) is 4.86. The molecule has 1 aliphatic rings. The van der Waals surface area contributed by atoms with E-state index in [1.54, 1.807) is 11.8 Å². The minimum absolute atomic E-state index is 0.0137. The molecule has 0 bridgehead atoms. The maximum Gasteiger partial charge on any atom is 0.411 e. The number of rotatable bonds is 9. The van der Waals surface area contributed by atoms with Gasteiger partial charge in [-0.25, -0.2) is 9.18 Å². The van der Waals surface area contributed by atoms with Crippen molar-refractivity contribution in [3.05, 3.63) is 94.6 Å². The normalized spacial score (nSPS) is 14.4. The van der Waals surface area contributed by atoms with Gasteiger partial charge in [-0.05, 0) is 47.5 Å². The number of fused-ring (bicyclic) bond motifs is 1. The summed E-state index contributed by atoms with van der Waals surface area (Å²) in [5, 5.41) is 11.4. The molecule has 1 saturated heterocycles. The summed E-state index contributed by atoms with van der Waals surface area (Å²) in [6, 6.07) is 21.1. The Kier molecular flexibility index (Phi) is 8.99. The van der Waals surface area contributed by atoms with Crippen molar-refractivity contribution in [3.63, 3.8) is 0 Å². The van der Waals surface area contributed by atoms with Gasteiger partial charge in [0.15, 0.2) is 6.10 Å². The lowest BCUT2D eigenvalue weighted by Gasteiger charge is -2.34. The highest BCUT2D eigenvalue weighted by atomic mass is 32.1. The van der Waals surface area contributed by atoms with E-state index in [4.69, 9.17) is 20.6 Å². The molecule has 1 atom stereocenters. The van der Waals surface area contributed by atoms with Gasteiger partial charge in [0.1, 0.15) is 24.0 Å². The van der Waals surface area contributed by atoms with Crippen molar-refractivity contribution in [2.24, 2.45) is 5.73 Å². The molecule has 1 unspecified atom stereocenters. The first-order valence-electron chi connectivity index (χ1n) is 13.6. The molecule has 1 aliphatic heterocycles. The van der Waals surface area contributed by atoms with Gasteiger partial charge in [-0.3, -0.25) is 20.4 Å². The first-order chi connectivity index (χ1) is 20.3. The highest BCUT2D eigenvalue weighted by molar-refractivity contribution is 7.20. The summed E-state index contributed by atoms with van der Waals surface area (Å²) >= 11 is 1.41. The first-order valence-corrected chi connectivity index (χ1v) is 14.4. The molecule has 4 aromatic rings. The Morgan fingerprint density at radius 3 is 2.52 bits per heavy atom. The molecule has 2 amide bonds. The second-order valence-corrected chi connectivity index (χ2v) is 11.1. The molecule has 1 fully saturated rings. The predicted molar refractivity (Wildman–Crippen MR) is 162 cm³/mol. The smallest absolute Gasteiger partial charge is 0.411 e. The average Bonchev–Trinajstić information content (AvgIpc) is 3.43. The molecule has 5 rings (SSSR count). The Morgan fingerprint density at radius 1 is 1.05 bits per heavy atom. The molecule has 42 heavy (non-hydrogen) atoms. The molecule has 0 aliphatic carbocycles. The minimum Gasteiger partial charge on any atom is -0.481 e. The number of nitrogen functional groups attached to an aromatic ring is 1. The van der Waals surface area contributed by atoms with Crippen LogP contribution in [0, 0.1) is 11.2 Å². The van der Waals surface area contributed by atoms with E-state index in [1.165, 1.54) is 29.5 Å². The van der Waals surface area contributed by atoms with Crippen molar-refractivity contribution >= 4 is 44.9 Å². The first kappa shape index (κ1) is 29.0. The zero-order valence-corrected chi connectivity index (χ0v) is 24.0. The van der Waals surface area contributed by atoms with Crippen LogP contribution < -0.4 is 15.8 Å². The van der Waals surface area contributed by atoms with E-state index in [2.05, 4.69) is 10.2 Å². The predicted octanol–water partition coefficient (Wildman–Crippen LogP) is 5.36. The summed E-state index contributed by atoms with van der Waals surface area (Å²) in [7, 11) is 0. The quantitative estimate of drug-likeness (QED) is 0.179. The fourth-order valence-corrected chi connectivity index (χ4v) is 5.80. The SMILES string of the molecule is CC(=O)N1CCN(Cc2cc(F)ccc2NC(=O)OCC(Oc2cccc3sc(C(=N)N)cc23)c2ccccc2)CC1. The lowest BCUT2D eigenvalue weighted by molar-refractivity contribution is -0.130. The number of piperazine rings is 1. The van der Waals surface area contributed by atoms with E-state index in [9.17, 15) is 14.0 Å². The van der Waals surface area contributed by atoms with Gasteiger partial charge in [-0.2, -0.15) is 0 Å². The van der Waals surface area contributed by atoms with Crippen molar-refractivity contribution in [3.8, 4) is 5.75 Å². The van der Waals surface area contributed by atoms with Gasteiger partial charge in [-0.1, -0.05) is 36.4 Å². The van der Waals surface area contributed by atoms with Crippen LogP contribution in [0.3, 0.4) is 0 Å². The van der Waals surface area contributed by atoms with Crippen molar-refractivity contribution in [1.82, 2.24) is 9.80 Å². The molecular formula is C31H32FN5O4S. The number of hydrogen-bond donors (Lipinski definition) is 3. The maximum atomic E-state index is 14.2. The number of nitrogens with one attached hydrogen (secondary N) is 2. The molecular weight excluding hydrogens is 557 g/mol. The molecule has 218 valence electrons.